The zero-order valence-electron chi connectivity index (χ0n) is 13.1. The number of likely N-dealkylation sites (tertiary alicyclic amines) is 1. The van der Waals surface area contributed by atoms with E-state index in [1.807, 2.05) is 36.1 Å². The van der Waals surface area contributed by atoms with Crippen LogP contribution in [0.1, 0.15) is 19.8 Å². The Balaban J connectivity index is 1.72. The van der Waals surface area contributed by atoms with Crippen molar-refractivity contribution in [1.82, 2.24) is 14.7 Å². The minimum absolute atomic E-state index is 0.685. The third-order valence-corrected chi connectivity index (χ3v) is 4.94. The van der Waals surface area contributed by atoms with Crippen LogP contribution in [-0.4, -0.2) is 40.4 Å². The number of rotatable bonds is 5. The van der Waals surface area contributed by atoms with E-state index >= 15 is 0 Å². The predicted molar refractivity (Wildman–Crippen MR) is 92.1 cm³/mol. The number of aryl methyl sites for hydroxylation is 1. The SMILES string of the molecule is CC1CCCN1CCOc1ccccc1-c1c(Br)cnn1C. The van der Waals surface area contributed by atoms with Gasteiger partial charge in [0.1, 0.15) is 12.4 Å². The molecular weight excluding hydrogens is 342 g/mol. The van der Waals surface area contributed by atoms with Crippen LogP contribution in [0.15, 0.2) is 34.9 Å². The fourth-order valence-electron chi connectivity index (χ4n) is 3.10. The van der Waals surface area contributed by atoms with Crippen molar-refractivity contribution in [2.45, 2.75) is 25.8 Å². The normalized spacial score (nSPS) is 18.8. The smallest absolute Gasteiger partial charge is 0.128 e. The number of hydrogen-bond donors (Lipinski definition) is 0. The summed E-state index contributed by atoms with van der Waals surface area (Å²) >= 11 is 3.57. The standard InChI is InChI=1S/C17H22BrN3O/c1-13-6-5-9-21(13)10-11-22-16-8-4-3-7-14(16)17-15(18)12-19-20(17)2/h3-4,7-8,12-13H,5-6,9-11H2,1-2H3. The lowest BCUT2D eigenvalue weighted by Crippen LogP contribution is -2.31. The summed E-state index contributed by atoms with van der Waals surface area (Å²) in [5.41, 5.74) is 2.12. The van der Waals surface area contributed by atoms with E-state index < -0.39 is 0 Å². The van der Waals surface area contributed by atoms with Gasteiger partial charge < -0.3 is 4.74 Å². The largest absolute Gasteiger partial charge is 0.492 e. The molecule has 1 aromatic carbocycles. The van der Waals surface area contributed by atoms with Crippen molar-refractivity contribution < 1.29 is 4.74 Å². The van der Waals surface area contributed by atoms with Crippen LogP contribution in [0, 0.1) is 0 Å². The Bertz CT molecular complexity index is 621. The molecule has 0 aliphatic carbocycles. The summed E-state index contributed by atoms with van der Waals surface area (Å²) in [7, 11) is 1.95. The Morgan fingerprint density at radius 1 is 1.36 bits per heavy atom. The molecule has 0 radical (unpaired) electrons. The first kappa shape index (κ1) is 15.6. The Morgan fingerprint density at radius 3 is 2.86 bits per heavy atom. The fourth-order valence-corrected chi connectivity index (χ4v) is 3.66. The number of para-hydroxylation sites is 1. The summed E-state index contributed by atoms with van der Waals surface area (Å²) in [5.74, 6) is 0.915. The van der Waals surface area contributed by atoms with Gasteiger partial charge in [-0.3, -0.25) is 9.58 Å². The molecule has 1 fully saturated rings. The highest BCUT2D eigenvalue weighted by Gasteiger charge is 2.20. The molecule has 118 valence electrons. The maximum Gasteiger partial charge on any atom is 0.128 e. The van der Waals surface area contributed by atoms with E-state index in [4.69, 9.17) is 4.74 Å². The molecule has 1 aliphatic heterocycles. The van der Waals surface area contributed by atoms with Gasteiger partial charge in [-0.25, -0.2) is 0 Å². The van der Waals surface area contributed by atoms with E-state index in [-0.39, 0.29) is 0 Å². The molecule has 2 aromatic rings. The average molecular weight is 364 g/mol. The second-order valence-electron chi connectivity index (χ2n) is 5.84. The van der Waals surface area contributed by atoms with Crippen LogP contribution in [0.3, 0.4) is 0 Å². The first-order valence-corrected chi connectivity index (χ1v) is 8.60. The van der Waals surface area contributed by atoms with Crippen LogP contribution >= 0.6 is 15.9 Å². The number of hydrogen-bond acceptors (Lipinski definition) is 3. The van der Waals surface area contributed by atoms with Crippen molar-refractivity contribution >= 4 is 15.9 Å². The molecule has 0 saturated carbocycles. The van der Waals surface area contributed by atoms with Crippen LogP contribution in [0.25, 0.3) is 11.3 Å². The van der Waals surface area contributed by atoms with Crippen LogP contribution in [0.5, 0.6) is 5.75 Å². The zero-order valence-corrected chi connectivity index (χ0v) is 14.7. The van der Waals surface area contributed by atoms with Crippen LogP contribution in [-0.2, 0) is 7.05 Å². The van der Waals surface area contributed by atoms with Crippen molar-refractivity contribution in [3.8, 4) is 17.0 Å². The number of aromatic nitrogens is 2. The highest BCUT2D eigenvalue weighted by molar-refractivity contribution is 9.10. The summed E-state index contributed by atoms with van der Waals surface area (Å²) in [4.78, 5) is 2.50. The number of halogens is 1. The van der Waals surface area contributed by atoms with E-state index in [1.165, 1.54) is 19.4 Å². The second-order valence-corrected chi connectivity index (χ2v) is 6.69. The van der Waals surface area contributed by atoms with E-state index in [2.05, 4.69) is 38.9 Å². The van der Waals surface area contributed by atoms with E-state index in [9.17, 15) is 0 Å². The lowest BCUT2D eigenvalue weighted by molar-refractivity contribution is 0.205. The van der Waals surface area contributed by atoms with Crippen molar-refractivity contribution in [2.24, 2.45) is 7.05 Å². The lowest BCUT2D eigenvalue weighted by Gasteiger charge is -2.21. The highest BCUT2D eigenvalue weighted by Crippen LogP contribution is 2.34. The van der Waals surface area contributed by atoms with Gasteiger partial charge in [0.2, 0.25) is 0 Å². The summed E-state index contributed by atoms with van der Waals surface area (Å²) in [5, 5.41) is 4.29. The highest BCUT2D eigenvalue weighted by atomic mass is 79.9. The Labute approximate surface area is 140 Å². The quantitative estimate of drug-likeness (QED) is 0.810. The Hall–Kier alpha value is -1.33. The van der Waals surface area contributed by atoms with Gasteiger partial charge in [-0.2, -0.15) is 5.10 Å². The maximum absolute atomic E-state index is 6.08. The predicted octanol–water partition coefficient (Wildman–Crippen LogP) is 3.71. The summed E-state index contributed by atoms with van der Waals surface area (Å²) in [6.45, 7) is 5.20. The minimum Gasteiger partial charge on any atom is -0.492 e. The zero-order chi connectivity index (χ0) is 15.5. The number of ether oxygens (including phenoxy) is 1. The van der Waals surface area contributed by atoms with E-state index in [1.54, 1.807) is 0 Å². The summed E-state index contributed by atoms with van der Waals surface area (Å²) < 4.78 is 8.93. The molecule has 0 spiro atoms. The number of nitrogens with zero attached hydrogens (tertiary/aromatic N) is 3. The molecule has 1 saturated heterocycles. The molecule has 1 unspecified atom stereocenters. The third kappa shape index (κ3) is 3.20. The van der Waals surface area contributed by atoms with Crippen molar-refractivity contribution in [2.75, 3.05) is 19.7 Å². The monoisotopic (exact) mass is 363 g/mol. The van der Waals surface area contributed by atoms with Gasteiger partial charge in [0, 0.05) is 25.2 Å². The topological polar surface area (TPSA) is 30.3 Å². The first-order chi connectivity index (χ1) is 10.7. The molecule has 0 amide bonds. The maximum atomic E-state index is 6.08. The molecule has 1 aliphatic rings. The summed E-state index contributed by atoms with van der Waals surface area (Å²) in [6.07, 6.45) is 4.43. The van der Waals surface area contributed by atoms with Gasteiger partial charge in [-0.1, -0.05) is 12.1 Å². The van der Waals surface area contributed by atoms with Gasteiger partial charge in [-0.05, 0) is 54.4 Å². The van der Waals surface area contributed by atoms with Crippen LogP contribution in [0.2, 0.25) is 0 Å². The summed E-state index contributed by atoms with van der Waals surface area (Å²) in [6, 6.07) is 8.84. The molecule has 5 heteroatoms. The van der Waals surface area contributed by atoms with Gasteiger partial charge in [-0.15, -0.1) is 0 Å². The molecule has 4 nitrogen and oxygen atoms in total. The van der Waals surface area contributed by atoms with Crippen molar-refractivity contribution in [1.29, 1.82) is 0 Å². The Kier molecular flexibility index (Phi) is 4.84. The molecule has 3 rings (SSSR count). The Morgan fingerprint density at radius 2 is 2.18 bits per heavy atom. The van der Waals surface area contributed by atoms with Gasteiger partial charge in [0.05, 0.1) is 16.4 Å². The van der Waals surface area contributed by atoms with Crippen molar-refractivity contribution in [3.05, 3.63) is 34.9 Å². The second kappa shape index (κ2) is 6.84. The molecule has 2 heterocycles. The fraction of sp³-hybridized carbons (Fsp3) is 0.471. The lowest BCUT2D eigenvalue weighted by atomic mass is 10.1. The average Bonchev–Trinajstić information content (AvgIpc) is 3.06. The van der Waals surface area contributed by atoms with Gasteiger partial charge in [0.25, 0.3) is 0 Å². The molecule has 22 heavy (non-hydrogen) atoms. The molecule has 1 atom stereocenters. The van der Waals surface area contributed by atoms with E-state index in [0.717, 1.165) is 34.6 Å². The van der Waals surface area contributed by atoms with Crippen LogP contribution < -0.4 is 4.74 Å². The molecular formula is C17H22BrN3O. The van der Waals surface area contributed by atoms with Crippen molar-refractivity contribution in [3.63, 3.8) is 0 Å². The van der Waals surface area contributed by atoms with Crippen LogP contribution in [0.4, 0.5) is 0 Å². The minimum atomic E-state index is 0.685. The third-order valence-electron chi connectivity index (χ3n) is 4.36. The molecule has 0 bridgehead atoms. The first-order valence-electron chi connectivity index (χ1n) is 7.80. The molecule has 1 aromatic heterocycles. The molecule has 0 N–H and O–H groups in total. The van der Waals surface area contributed by atoms with Gasteiger partial charge >= 0.3 is 0 Å². The van der Waals surface area contributed by atoms with Gasteiger partial charge in [0.15, 0.2) is 0 Å². The number of benzene rings is 1. The van der Waals surface area contributed by atoms with E-state index in [0.29, 0.717) is 6.04 Å².